The van der Waals surface area contributed by atoms with E-state index < -0.39 is 0 Å². The molecule has 0 unspecified atom stereocenters. The van der Waals surface area contributed by atoms with Crippen molar-refractivity contribution in [2.24, 2.45) is 4.99 Å². The summed E-state index contributed by atoms with van der Waals surface area (Å²) in [5, 5.41) is 5.14. The molecule has 0 radical (unpaired) electrons. The van der Waals surface area contributed by atoms with E-state index in [0.29, 0.717) is 0 Å². The Balaban J connectivity index is 1.87. The van der Waals surface area contributed by atoms with Gasteiger partial charge in [-0.15, -0.1) is 11.3 Å². The number of aromatic amines is 1. The number of rotatable bonds is 2. The van der Waals surface area contributed by atoms with Gasteiger partial charge in [-0.25, -0.2) is 4.99 Å². The molecule has 0 aromatic carbocycles. The van der Waals surface area contributed by atoms with Crippen LogP contribution in [-0.2, 0) is 0 Å². The lowest BCUT2D eigenvalue weighted by atomic mass is 10.3. The number of nitrogens with zero attached hydrogens (tertiary/aromatic N) is 1. The maximum atomic E-state index is 4.45. The van der Waals surface area contributed by atoms with Crippen LogP contribution in [-0.4, -0.2) is 10.8 Å². The Kier molecular flexibility index (Phi) is 2.42. The summed E-state index contributed by atoms with van der Waals surface area (Å²) in [6, 6.07) is 8.14. The van der Waals surface area contributed by atoms with Gasteiger partial charge < -0.3 is 10.3 Å². The van der Waals surface area contributed by atoms with Crippen molar-refractivity contribution in [2.45, 2.75) is 0 Å². The average Bonchev–Trinajstić information content (AvgIpc) is 3.00. The van der Waals surface area contributed by atoms with Crippen molar-refractivity contribution < 1.29 is 0 Å². The SMILES string of the molecule is C=C1C=CC(=Nc2ccc(-c3cccs3)[nH]2)N1. The molecule has 2 aromatic rings. The fourth-order valence-electron chi connectivity index (χ4n) is 1.65. The van der Waals surface area contributed by atoms with E-state index in [-0.39, 0.29) is 0 Å². The van der Waals surface area contributed by atoms with Crippen LogP contribution in [0.2, 0.25) is 0 Å². The summed E-state index contributed by atoms with van der Waals surface area (Å²) in [7, 11) is 0. The molecule has 1 aliphatic heterocycles. The Labute approximate surface area is 103 Å². The van der Waals surface area contributed by atoms with Crippen molar-refractivity contribution in [3.05, 3.63) is 54.1 Å². The maximum Gasteiger partial charge on any atom is 0.132 e. The third kappa shape index (κ3) is 2.07. The van der Waals surface area contributed by atoms with E-state index >= 15 is 0 Å². The Morgan fingerprint density at radius 2 is 2.12 bits per heavy atom. The zero-order valence-corrected chi connectivity index (χ0v) is 9.92. The number of nitrogens with one attached hydrogen (secondary N) is 2. The molecule has 2 N–H and O–H groups in total. The van der Waals surface area contributed by atoms with Crippen molar-refractivity contribution >= 4 is 23.0 Å². The predicted octanol–water partition coefficient (Wildman–Crippen LogP) is 3.45. The van der Waals surface area contributed by atoms with Crippen LogP contribution in [0.3, 0.4) is 0 Å². The molecule has 0 atom stereocenters. The molecule has 0 fully saturated rings. The Bertz CT molecular complexity index is 602. The van der Waals surface area contributed by atoms with Crippen molar-refractivity contribution in [1.82, 2.24) is 10.3 Å². The predicted molar refractivity (Wildman–Crippen MR) is 72.6 cm³/mol. The molecule has 0 aliphatic carbocycles. The van der Waals surface area contributed by atoms with E-state index in [9.17, 15) is 0 Å². The van der Waals surface area contributed by atoms with Crippen LogP contribution < -0.4 is 5.32 Å². The maximum absolute atomic E-state index is 4.45. The smallest absolute Gasteiger partial charge is 0.132 e. The minimum absolute atomic E-state index is 0.814. The zero-order chi connectivity index (χ0) is 11.7. The van der Waals surface area contributed by atoms with E-state index in [0.717, 1.165) is 23.0 Å². The molecule has 0 saturated carbocycles. The van der Waals surface area contributed by atoms with Crippen molar-refractivity contribution in [1.29, 1.82) is 0 Å². The summed E-state index contributed by atoms with van der Waals surface area (Å²) in [6.07, 6.45) is 3.82. The first-order chi connectivity index (χ1) is 8.31. The van der Waals surface area contributed by atoms with E-state index in [1.54, 1.807) is 11.3 Å². The summed E-state index contributed by atoms with van der Waals surface area (Å²) >= 11 is 1.71. The van der Waals surface area contributed by atoms with Gasteiger partial charge in [0, 0.05) is 5.70 Å². The van der Waals surface area contributed by atoms with Gasteiger partial charge in [-0.05, 0) is 35.7 Å². The Hall–Kier alpha value is -2.07. The fourth-order valence-corrected chi connectivity index (χ4v) is 2.35. The zero-order valence-electron chi connectivity index (χ0n) is 9.10. The first-order valence-corrected chi connectivity index (χ1v) is 6.15. The number of aliphatic imine (C=N–C) groups is 1. The Morgan fingerprint density at radius 3 is 2.82 bits per heavy atom. The van der Waals surface area contributed by atoms with Crippen LogP contribution >= 0.6 is 11.3 Å². The van der Waals surface area contributed by atoms with Crippen LogP contribution in [0.4, 0.5) is 5.82 Å². The van der Waals surface area contributed by atoms with Crippen LogP contribution in [0, 0.1) is 0 Å². The highest BCUT2D eigenvalue weighted by atomic mass is 32.1. The molecule has 0 spiro atoms. The minimum atomic E-state index is 0.814. The summed E-state index contributed by atoms with van der Waals surface area (Å²) in [4.78, 5) is 8.94. The number of thiophene rings is 1. The third-order valence-electron chi connectivity index (χ3n) is 2.43. The van der Waals surface area contributed by atoms with Gasteiger partial charge >= 0.3 is 0 Å². The number of allylic oxidation sites excluding steroid dienone is 1. The number of aromatic nitrogens is 1. The second-order valence-corrected chi connectivity index (χ2v) is 4.66. The van der Waals surface area contributed by atoms with Crippen molar-refractivity contribution in [3.63, 3.8) is 0 Å². The van der Waals surface area contributed by atoms with Gasteiger partial charge in [0.2, 0.25) is 0 Å². The van der Waals surface area contributed by atoms with Gasteiger partial charge in [-0.2, -0.15) is 0 Å². The Morgan fingerprint density at radius 1 is 1.18 bits per heavy atom. The van der Waals surface area contributed by atoms with Crippen molar-refractivity contribution in [3.8, 4) is 10.6 Å². The monoisotopic (exact) mass is 241 g/mol. The molecule has 4 heteroatoms. The van der Waals surface area contributed by atoms with Gasteiger partial charge in [0.05, 0.1) is 10.6 Å². The normalized spacial score (nSPS) is 16.7. The molecular formula is C13H11N3S. The van der Waals surface area contributed by atoms with E-state index in [1.807, 2.05) is 30.4 Å². The molecule has 3 heterocycles. The number of amidine groups is 1. The highest BCUT2D eigenvalue weighted by molar-refractivity contribution is 7.13. The quantitative estimate of drug-likeness (QED) is 0.830. The van der Waals surface area contributed by atoms with Gasteiger partial charge in [0.25, 0.3) is 0 Å². The summed E-state index contributed by atoms with van der Waals surface area (Å²) in [6.45, 7) is 3.80. The summed E-state index contributed by atoms with van der Waals surface area (Å²) in [5.74, 6) is 1.66. The van der Waals surface area contributed by atoms with Crippen LogP contribution in [0.5, 0.6) is 0 Å². The molecule has 0 amide bonds. The standard InChI is InChI=1S/C13H11N3S/c1-9-4-6-12(14-9)16-13-7-5-10(15-13)11-3-2-8-17-11/h2-8,15H,1H2,(H,14,16). The summed E-state index contributed by atoms with van der Waals surface area (Å²) < 4.78 is 0. The van der Waals surface area contributed by atoms with Crippen LogP contribution in [0.1, 0.15) is 0 Å². The molecular weight excluding hydrogens is 230 g/mol. The van der Waals surface area contributed by atoms with Gasteiger partial charge in [-0.1, -0.05) is 12.6 Å². The topological polar surface area (TPSA) is 40.2 Å². The van der Waals surface area contributed by atoms with E-state index in [2.05, 4.69) is 33.3 Å². The largest absolute Gasteiger partial charge is 0.341 e. The summed E-state index contributed by atoms with van der Waals surface area (Å²) in [5.41, 5.74) is 1.97. The lowest BCUT2D eigenvalue weighted by molar-refractivity contribution is 1.21. The first kappa shape index (κ1) is 10.1. The van der Waals surface area contributed by atoms with Gasteiger partial charge in [-0.3, -0.25) is 0 Å². The molecule has 3 nitrogen and oxygen atoms in total. The van der Waals surface area contributed by atoms with Crippen LogP contribution in [0.15, 0.2) is 59.1 Å². The van der Waals surface area contributed by atoms with E-state index in [4.69, 9.17) is 0 Å². The average molecular weight is 241 g/mol. The molecule has 17 heavy (non-hydrogen) atoms. The number of H-pyrrole nitrogens is 1. The van der Waals surface area contributed by atoms with E-state index in [1.165, 1.54) is 4.88 Å². The second kappa shape index (κ2) is 4.07. The third-order valence-corrected chi connectivity index (χ3v) is 3.33. The fraction of sp³-hybridized carbons (Fsp3) is 0. The first-order valence-electron chi connectivity index (χ1n) is 5.27. The van der Waals surface area contributed by atoms with Gasteiger partial charge in [0.15, 0.2) is 0 Å². The molecule has 3 rings (SSSR count). The van der Waals surface area contributed by atoms with Gasteiger partial charge in [0.1, 0.15) is 11.7 Å². The highest BCUT2D eigenvalue weighted by Crippen LogP contribution is 2.26. The molecule has 0 bridgehead atoms. The molecule has 84 valence electrons. The molecule has 0 saturated heterocycles. The molecule has 2 aromatic heterocycles. The number of hydrogen-bond donors (Lipinski definition) is 2. The van der Waals surface area contributed by atoms with Crippen molar-refractivity contribution in [2.75, 3.05) is 0 Å². The lowest BCUT2D eigenvalue weighted by Gasteiger charge is -1.96. The highest BCUT2D eigenvalue weighted by Gasteiger charge is 2.05. The minimum Gasteiger partial charge on any atom is -0.341 e. The molecule has 1 aliphatic rings. The van der Waals surface area contributed by atoms with Crippen LogP contribution in [0.25, 0.3) is 10.6 Å². The second-order valence-electron chi connectivity index (χ2n) is 3.72. The number of hydrogen-bond acceptors (Lipinski definition) is 2. The lowest BCUT2D eigenvalue weighted by Crippen LogP contribution is -2.12.